The molecule has 2 atom stereocenters. The average Bonchev–Trinajstić information content (AvgIpc) is 2.93. The van der Waals surface area contributed by atoms with Gasteiger partial charge in [0.15, 0.2) is 0 Å². The van der Waals surface area contributed by atoms with Gasteiger partial charge in [-0.05, 0) is 74.2 Å². The van der Waals surface area contributed by atoms with Crippen LogP contribution in [0.2, 0.25) is 0 Å². The summed E-state index contributed by atoms with van der Waals surface area (Å²) in [6.45, 7) is 2.53. The molecule has 2 heterocycles. The molecular formula is C21H27FN2O2. The molecule has 140 valence electrons. The molecule has 0 bridgehead atoms. The van der Waals surface area contributed by atoms with E-state index < -0.39 is 0 Å². The van der Waals surface area contributed by atoms with Crippen molar-refractivity contribution in [2.75, 3.05) is 26.7 Å². The number of nitrogens with two attached hydrogens (primary N) is 1. The summed E-state index contributed by atoms with van der Waals surface area (Å²) in [5, 5.41) is 8.86. The van der Waals surface area contributed by atoms with Crippen molar-refractivity contribution in [3.63, 3.8) is 0 Å². The number of aliphatic hydroxyl groups excluding tert-OH is 1. The second-order valence-corrected chi connectivity index (χ2v) is 7.08. The van der Waals surface area contributed by atoms with Crippen LogP contribution in [0.1, 0.15) is 29.9 Å². The van der Waals surface area contributed by atoms with Crippen LogP contribution in [0, 0.1) is 5.82 Å². The van der Waals surface area contributed by atoms with Gasteiger partial charge in [-0.1, -0.05) is 18.2 Å². The molecule has 0 aromatic heterocycles. The number of likely N-dealkylation sites (N-methyl/N-ethyl adjacent to an activating group) is 1. The molecule has 4 rings (SSSR count). The molecule has 26 heavy (non-hydrogen) atoms. The smallest absolute Gasteiger partial charge is 0.130 e. The predicted octanol–water partition coefficient (Wildman–Crippen LogP) is 3.29. The Balaban J connectivity index is 0.000000236. The summed E-state index contributed by atoms with van der Waals surface area (Å²) in [4.78, 5) is 2.13. The van der Waals surface area contributed by atoms with Crippen molar-refractivity contribution >= 4 is 0 Å². The Hall–Kier alpha value is -1.95. The molecule has 0 amide bonds. The van der Waals surface area contributed by atoms with E-state index in [1.807, 2.05) is 25.2 Å². The van der Waals surface area contributed by atoms with E-state index in [0.29, 0.717) is 6.54 Å². The maximum Gasteiger partial charge on any atom is 0.130 e. The van der Waals surface area contributed by atoms with Gasteiger partial charge >= 0.3 is 0 Å². The number of hydrogen-bond donors (Lipinski definition) is 2. The van der Waals surface area contributed by atoms with Crippen molar-refractivity contribution in [2.24, 2.45) is 5.73 Å². The molecule has 1 saturated heterocycles. The minimum atomic E-state index is -0.222. The second-order valence-electron chi connectivity index (χ2n) is 7.08. The van der Waals surface area contributed by atoms with Crippen LogP contribution in [-0.4, -0.2) is 42.8 Å². The third-order valence-electron chi connectivity index (χ3n) is 4.95. The molecule has 2 aliphatic rings. The maximum atomic E-state index is 13.4. The number of nitrogens with zero attached hydrogens (tertiary/aromatic N) is 1. The summed E-state index contributed by atoms with van der Waals surface area (Å²) < 4.78 is 19.3. The van der Waals surface area contributed by atoms with Gasteiger partial charge in [-0.25, -0.2) is 4.39 Å². The molecule has 2 aromatic carbocycles. The van der Waals surface area contributed by atoms with Crippen LogP contribution in [0.25, 0.3) is 0 Å². The van der Waals surface area contributed by atoms with Gasteiger partial charge in [-0.3, -0.25) is 0 Å². The first-order chi connectivity index (χ1) is 12.6. The highest BCUT2D eigenvalue weighted by atomic mass is 19.1. The first kappa shape index (κ1) is 18.8. The van der Waals surface area contributed by atoms with Gasteiger partial charge in [-0.15, -0.1) is 0 Å². The molecule has 0 radical (unpaired) electrons. The van der Waals surface area contributed by atoms with E-state index in [9.17, 15) is 4.39 Å². The maximum absolute atomic E-state index is 13.4. The van der Waals surface area contributed by atoms with E-state index in [0.717, 1.165) is 55.0 Å². The number of para-hydroxylation sites is 1. The largest absolute Gasteiger partial charge is 0.457 e. The van der Waals surface area contributed by atoms with Crippen LogP contribution < -0.4 is 10.5 Å². The van der Waals surface area contributed by atoms with Crippen molar-refractivity contribution in [1.29, 1.82) is 0 Å². The molecule has 4 nitrogen and oxygen atoms in total. The van der Waals surface area contributed by atoms with Crippen LogP contribution in [0.5, 0.6) is 11.5 Å². The van der Waals surface area contributed by atoms with Gasteiger partial charge in [-0.2, -0.15) is 0 Å². The number of fused-ring (bicyclic) bond motifs is 2. The molecule has 2 aliphatic heterocycles. The molecule has 5 heteroatoms. The standard InChI is InChI=1S/C16H16FNO.C5H11NO/c17-13-5-6-15-12(10-13)9-11(7-8-18)14-3-1-2-4-16(14)19-15;1-6-3-2-5(7)4-6/h1-6,10-11H,7-9,18H2;5,7H,2-4H2,1H3. The van der Waals surface area contributed by atoms with Crippen molar-refractivity contribution in [1.82, 2.24) is 4.90 Å². The van der Waals surface area contributed by atoms with E-state index in [-0.39, 0.29) is 17.8 Å². The molecule has 2 aromatic rings. The summed E-state index contributed by atoms with van der Waals surface area (Å²) in [6.07, 6.45) is 2.54. The molecular weight excluding hydrogens is 331 g/mol. The number of halogens is 1. The zero-order valence-corrected chi connectivity index (χ0v) is 15.2. The van der Waals surface area contributed by atoms with Crippen LogP contribution in [0.4, 0.5) is 4.39 Å². The Kier molecular flexibility index (Phi) is 6.25. The number of benzene rings is 2. The molecule has 3 N–H and O–H groups in total. The van der Waals surface area contributed by atoms with Crippen molar-refractivity contribution in [3.8, 4) is 11.5 Å². The fraction of sp³-hybridized carbons (Fsp3) is 0.429. The fourth-order valence-electron chi connectivity index (χ4n) is 3.58. The zero-order chi connectivity index (χ0) is 18.5. The van der Waals surface area contributed by atoms with Gasteiger partial charge in [0.2, 0.25) is 0 Å². The minimum absolute atomic E-state index is 0.0509. The number of ether oxygens (including phenoxy) is 1. The second kappa shape index (κ2) is 8.62. The summed E-state index contributed by atoms with van der Waals surface area (Å²) >= 11 is 0. The van der Waals surface area contributed by atoms with E-state index in [1.165, 1.54) is 6.07 Å². The lowest BCUT2D eigenvalue weighted by molar-refractivity contribution is 0.183. The molecule has 2 unspecified atom stereocenters. The average molecular weight is 358 g/mol. The van der Waals surface area contributed by atoms with Gasteiger partial charge in [0.1, 0.15) is 17.3 Å². The Labute approximate surface area is 154 Å². The van der Waals surface area contributed by atoms with Crippen molar-refractivity contribution < 1.29 is 14.2 Å². The Morgan fingerprint density at radius 3 is 2.69 bits per heavy atom. The van der Waals surface area contributed by atoms with E-state index in [4.69, 9.17) is 15.6 Å². The third-order valence-corrected chi connectivity index (χ3v) is 4.95. The van der Waals surface area contributed by atoms with E-state index >= 15 is 0 Å². The Morgan fingerprint density at radius 1 is 1.23 bits per heavy atom. The van der Waals surface area contributed by atoms with Crippen LogP contribution in [0.3, 0.4) is 0 Å². The lowest BCUT2D eigenvalue weighted by Crippen LogP contribution is -2.15. The molecule has 1 fully saturated rings. The number of rotatable bonds is 2. The van der Waals surface area contributed by atoms with Crippen LogP contribution in [0.15, 0.2) is 42.5 Å². The van der Waals surface area contributed by atoms with Crippen LogP contribution in [-0.2, 0) is 6.42 Å². The van der Waals surface area contributed by atoms with Crippen LogP contribution >= 0.6 is 0 Å². The number of β-amino-alcohol motifs (C(OH)–C–C–N with tert-alkyl or cyclic N) is 1. The van der Waals surface area contributed by atoms with Crippen molar-refractivity contribution in [2.45, 2.75) is 31.3 Å². The summed E-state index contributed by atoms with van der Waals surface area (Å²) in [5.41, 5.74) is 7.77. The topological polar surface area (TPSA) is 58.7 Å². The Bertz CT molecular complexity index is 730. The monoisotopic (exact) mass is 358 g/mol. The Morgan fingerprint density at radius 2 is 2.04 bits per heavy atom. The number of aliphatic hydroxyl groups is 1. The van der Waals surface area contributed by atoms with Crippen molar-refractivity contribution in [3.05, 3.63) is 59.4 Å². The minimum Gasteiger partial charge on any atom is -0.457 e. The first-order valence-corrected chi connectivity index (χ1v) is 9.18. The number of likely N-dealkylation sites (tertiary alicyclic amines) is 1. The quantitative estimate of drug-likeness (QED) is 0.865. The zero-order valence-electron chi connectivity index (χ0n) is 15.2. The third kappa shape index (κ3) is 4.61. The van der Waals surface area contributed by atoms with Gasteiger partial charge < -0.3 is 20.5 Å². The van der Waals surface area contributed by atoms with Gasteiger partial charge in [0.25, 0.3) is 0 Å². The fourth-order valence-corrected chi connectivity index (χ4v) is 3.58. The SMILES string of the molecule is CN1CCC(O)C1.NCCC1Cc2cc(F)ccc2Oc2ccccc21. The predicted molar refractivity (Wildman–Crippen MR) is 101 cm³/mol. The van der Waals surface area contributed by atoms with Gasteiger partial charge in [0.05, 0.1) is 6.10 Å². The highest BCUT2D eigenvalue weighted by Gasteiger charge is 2.23. The summed E-state index contributed by atoms with van der Waals surface area (Å²) in [7, 11) is 2.02. The lowest BCUT2D eigenvalue weighted by atomic mass is 9.89. The lowest BCUT2D eigenvalue weighted by Gasteiger charge is -2.15. The van der Waals surface area contributed by atoms with E-state index in [2.05, 4.69) is 11.0 Å². The van der Waals surface area contributed by atoms with Gasteiger partial charge in [0, 0.05) is 13.1 Å². The van der Waals surface area contributed by atoms with E-state index in [1.54, 1.807) is 12.1 Å². The number of hydrogen-bond acceptors (Lipinski definition) is 4. The molecule has 0 aliphatic carbocycles. The first-order valence-electron chi connectivity index (χ1n) is 9.18. The molecule has 0 spiro atoms. The summed E-state index contributed by atoms with van der Waals surface area (Å²) in [6, 6.07) is 12.7. The summed E-state index contributed by atoms with van der Waals surface area (Å²) in [5.74, 6) is 1.66. The molecule has 0 saturated carbocycles. The normalized spacial score (nSPS) is 21.7. The highest BCUT2D eigenvalue weighted by Crippen LogP contribution is 2.40. The highest BCUT2D eigenvalue weighted by molar-refractivity contribution is 5.47.